The van der Waals surface area contributed by atoms with Crippen LogP contribution in [-0.2, 0) is 0 Å². The van der Waals surface area contributed by atoms with Crippen molar-refractivity contribution in [2.45, 2.75) is 0 Å². The van der Waals surface area contributed by atoms with Crippen molar-refractivity contribution in [3.05, 3.63) is 48.9 Å². The van der Waals surface area contributed by atoms with Crippen LogP contribution in [0.15, 0.2) is 48.9 Å². The lowest BCUT2D eigenvalue weighted by Gasteiger charge is -1.92. The summed E-state index contributed by atoms with van der Waals surface area (Å²) in [7, 11) is 0. The van der Waals surface area contributed by atoms with Crippen molar-refractivity contribution in [1.82, 2.24) is 9.97 Å². The number of pyridine rings is 2. The van der Waals surface area contributed by atoms with E-state index in [0.717, 1.165) is 0 Å². The van der Waals surface area contributed by atoms with Gasteiger partial charge in [-0.3, -0.25) is 4.98 Å². The molecule has 4 nitrogen and oxygen atoms in total. The summed E-state index contributed by atoms with van der Waals surface area (Å²) in [4.78, 5) is 7.52. The SMILES string of the molecule is Nc1cccnc1N.c1ccncc1. The first-order chi connectivity index (χ1) is 6.80. The van der Waals surface area contributed by atoms with E-state index >= 15 is 0 Å². The second-order valence-electron chi connectivity index (χ2n) is 2.50. The Hall–Kier alpha value is -2.10. The molecule has 4 N–H and O–H groups in total. The van der Waals surface area contributed by atoms with Gasteiger partial charge < -0.3 is 11.5 Å². The first-order valence-electron chi connectivity index (χ1n) is 4.11. The van der Waals surface area contributed by atoms with Gasteiger partial charge in [-0.15, -0.1) is 0 Å². The highest BCUT2D eigenvalue weighted by Crippen LogP contribution is 2.06. The van der Waals surface area contributed by atoms with E-state index in [1.807, 2.05) is 18.2 Å². The lowest BCUT2D eigenvalue weighted by Crippen LogP contribution is -1.95. The monoisotopic (exact) mass is 188 g/mol. The van der Waals surface area contributed by atoms with Crippen molar-refractivity contribution in [1.29, 1.82) is 0 Å². The van der Waals surface area contributed by atoms with Gasteiger partial charge >= 0.3 is 0 Å². The normalized spacial score (nSPS) is 8.57. The fourth-order valence-electron chi connectivity index (χ4n) is 0.743. The first-order valence-corrected chi connectivity index (χ1v) is 4.11. The average Bonchev–Trinajstić information content (AvgIpc) is 2.26. The molecule has 0 aliphatic heterocycles. The molecule has 2 rings (SSSR count). The highest BCUT2D eigenvalue weighted by Gasteiger charge is 1.87. The van der Waals surface area contributed by atoms with Gasteiger partial charge in [0.1, 0.15) is 5.82 Å². The Balaban J connectivity index is 0.000000146. The molecule has 2 aromatic rings. The van der Waals surface area contributed by atoms with E-state index in [0.29, 0.717) is 11.5 Å². The van der Waals surface area contributed by atoms with Crippen LogP contribution in [0.4, 0.5) is 11.5 Å². The number of nitrogen functional groups attached to an aromatic ring is 2. The van der Waals surface area contributed by atoms with Gasteiger partial charge in [0.05, 0.1) is 5.69 Å². The smallest absolute Gasteiger partial charge is 0.146 e. The molecule has 0 spiro atoms. The van der Waals surface area contributed by atoms with Crippen LogP contribution in [0.2, 0.25) is 0 Å². The number of hydrogen-bond donors (Lipinski definition) is 2. The summed E-state index contributed by atoms with van der Waals surface area (Å²) in [6, 6.07) is 9.17. The summed E-state index contributed by atoms with van der Waals surface area (Å²) in [5.74, 6) is 0.396. The molecule has 0 radical (unpaired) electrons. The number of aromatic nitrogens is 2. The van der Waals surface area contributed by atoms with Gasteiger partial charge in [0.25, 0.3) is 0 Å². The van der Waals surface area contributed by atoms with E-state index in [4.69, 9.17) is 11.5 Å². The number of nitrogens with two attached hydrogens (primary N) is 2. The summed E-state index contributed by atoms with van der Waals surface area (Å²) in [6.07, 6.45) is 5.10. The molecular formula is C10H12N4. The Bertz CT molecular complexity index is 314. The largest absolute Gasteiger partial charge is 0.396 e. The zero-order valence-electron chi connectivity index (χ0n) is 7.67. The van der Waals surface area contributed by atoms with Crippen LogP contribution in [0.3, 0.4) is 0 Å². The molecule has 14 heavy (non-hydrogen) atoms. The molecule has 0 aliphatic carbocycles. The molecular weight excluding hydrogens is 176 g/mol. The van der Waals surface area contributed by atoms with Crippen molar-refractivity contribution in [2.75, 3.05) is 11.5 Å². The molecule has 0 fully saturated rings. The van der Waals surface area contributed by atoms with Gasteiger partial charge in [0, 0.05) is 18.6 Å². The minimum atomic E-state index is 0.396. The lowest BCUT2D eigenvalue weighted by molar-refractivity contribution is 1.33. The van der Waals surface area contributed by atoms with Crippen LogP contribution in [0.25, 0.3) is 0 Å². The van der Waals surface area contributed by atoms with Gasteiger partial charge in [-0.2, -0.15) is 0 Å². The predicted molar refractivity (Wildman–Crippen MR) is 57.3 cm³/mol. The highest BCUT2D eigenvalue weighted by molar-refractivity contribution is 5.56. The molecule has 72 valence electrons. The fourth-order valence-corrected chi connectivity index (χ4v) is 0.743. The van der Waals surface area contributed by atoms with Crippen LogP contribution in [-0.4, -0.2) is 9.97 Å². The molecule has 0 aliphatic rings. The summed E-state index contributed by atoms with van der Waals surface area (Å²) in [6.45, 7) is 0. The van der Waals surface area contributed by atoms with Gasteiger partial charge in [-0.05, 0) is 24.3 Å². The Morgan fingerprint density at radius 1 is 0.857 bits per heavy atom. The molecule has 2 heterocycles. The predicted octanol–water partition coefficient (Wildman–Crippen LogP) is 1.33. The van der Waals surface area contributed by atoms with Crippen LogP contribution < -0.4 is 11.5 Å². The maximum absolute atomic E-state index is 5.33. The lowest BCUT2D eigenvalue weighted by atomic mass is 10.4. The van der Waals surface area contributed by atoms with E-state index < -0.39 is 0 Å². The Labute approximate surface area is 82.6 Å². The number of anilines is 2. The van der Waals surface area contributed by atoms with Gasteiger partial charge in [-0.1, -0.05) is 6.07 Å². The highest BCUT2D eigenvalue weighted by atomic mass is 14.9. The van der Waals surface area contributed by atoms with Crippen LogP contribution in [0, 0.1) is 0 Å². The molecule has 0 saturated carbocycles. The van der Waals surface area contributed by atoms with Crippen molar-refractivity contribution in [3.8, 4) is 0 Å². The Morgan fingerprint density at radius 2 is 1.57 bits per heavy atom. The summed E-state index contributed by atoms with van der Waals surface area (Å²) >= 11 is 0. The third-order valence-electron chi connectivity index (χ3n) is 1.44. The average molecular weight is 188 g/mol. The topological polar surface area (TPSA) is 77.8 Å². The molecule has 4 heteroatoms. The van der Waals surface area contributed by atoms with Crippen molar-refractivity contribution in [2.24, 2.45) is 0 Å². The fraction of sp³-hybridized carbons (Fsp3) is 0. The van der Waals surface area contributed by atoms with Crippen molar-refractivity contribution >= 4 is 11.5 Å². The second kappa shape index (κ2) is 5.53. The molecule has 0 saturated heterocycles. The number of hydrogen-bond acceptors (Lipinski definition) is 4. The maximum Gasteiger partial charge on any atom is 0.146 e. The van der Waals surface area contributed by atoms with Crippen LogP contribution >= 0.6 is 0 Å². The minimum absolute atomic E-state index is 0.396. The minimum Gasteiger partial charge on any atom is -0.396 e. The first kappa shape index (κ1) is 9.98. The summed E-state index contributed by atoms with van der Waals surface area (Å²) in [5, 5.41) is 0. The quantitative estimate of drug-likeness (QED) is 0.653. The van der Waals surface area contributed by atoms with Gasteiger partial charge in [0.15, 0.2) is 0 Å². The van der Waals surface area contributed by atoms with E-state index in [-0.39, 0.29) is 0 Å². The van der Waals surface area contributed by atoms with Gasteiger partial charge in [0.2, 0.25) is 0 Å². The standard InChI is InChI=1S/C5H7N3.C5H5N/c6-4-2-1-3-8-5(4)7;1-2-4-6-5-3-1/h1-3H,6H2,(H2,7,8);1-5H. The van der Waals surface area contributed by atoms with Crippen molar-refractivity contribution in [3.63, 3.8) is 0 Å². The van der Waals surface area contributed by atoms with Crippen LogP contribution in [0.5, 0.6) is 0 Å². The third kappa shape index (κ3) is 3.53. The number of nitrogens with zero attached hydrogens (tertiary/aromatic N) is 2. The van der Waals surface area contributed by atoms with E-state index in [9.17, 15) is 0 Å². The molecule has 0 atom stereocenters. The summed E-state index contributed by atoms with van der Waals surface area (Å²) in [5.41, 5.74) is 11.2. The Morgan fingerprint density at radius 3 is 1.86 bits per heavy atom. The van der Waals surface area contributed by atoms with E-state index in [2.05, 4.69) is 9.97 Å². The van der Waals surface area contributed by atoms with Gasteiger partial charge in [-0.25, -0.2) is 4.98 Å². The maximum atomic E-state index is 5.33. The zero-order valence-corrected chi connectivity index (χ0v) is 7.67. The zero-order chi connectivity index (χ0) is 10.2. The third-order valence-corrected chi connectivity index (χ3v) is 1.44. The van der Waals surface area contributed by atoms with Crippen LogP contribution in [0.1, 0.15) is 0 Å². The summed E-state index contributed by atoms with van der Waals surface area (Å²) < 4.78 is 0. The van der Waals surface area contributed by atoms with Crippen molar-refractivity contribution < 1.29 is 0 Å². The second-order valence-corrected chi connectivity index (χ2v) is 2.50. The molecule has 2 aromatic heterocycles. The number of rotatable bonds is 0. The van der Waals surface area contributed by atoms with E-state index in [1.54, 1.807) is 30.7 Å². The Kier molecular flexibility index (Phi) is 3.94. The molecule has 0 amide bonds. The van der Waals surface area contributed by atoms with E-state index in [1.165, 1.54) is 0 Å². The molecule has 0 unspecified atom stereocenters. The molecule has 0 aromatic carbocycles. The molecule has 0 bridgehead atoms.